The van der Waals surface area contributed by atoms with Crippen molar-refractivity contribution in [1.29, 1.82) is 0 Å². The standard InChI is InChI=1S/C23H26ClN3O3S2/c1-2-30-23(28)26-14-7-8-17(13-15-26)25-31-21-16-27(20-12-6-11-19(24)22(20)21)32(29)18-9-4-3-5-10-18/h3-6,9-12,16-17,25H,2,7-8,13-15H2,1H3. The highest BCUT2D eigenvalue weighted by Crippen LogP contribution is 2.35. The molecule has 0 bridgehead atoms. The van der Waals surface area contributed by atoms with E-state index in [0.29, 0.717) is 24.7 Å². The smallest absolute Gasteiger partial charge is 0.409 e. The SMILES string of the molecule is CCOC(=O)N1CCCC(NSc2cn(S(=O)c3ccccc3)c3cccc(Cl)c23)CC1. The molecule has 2 unspecified atom stereocenters. The fourth-order valence-electron chi connectivity index (χ4n) is 3.80. The highest BCUT2D eigenvalue weighted by atomic mass is 35.5. The minimum Gasteiger partial charge on any atom is -0.450 e. The summed E-state index contributed by atoms with van der Waals surface area (Å²) in [6.07, 6.45) is 4.38. The number of fused-ring (bicyclic) bond motifs is 1. The Labute approximate surface area is 200 Å². The van der Waals surface area contributed by atoms with Gasteiger partial charge in [-0.25, -0.2) is 9.00 Å². The second-order valence-corrected chi connectivity index (χ2v) is 10.2. The van der Waals surface area contributed by atoms with Crippen molar-refractivity contribution in [3.05, 3.63) is 59.8 Å². The van der Waals surface area contributed by atoms with E-state index in [-0.39, 0.29) is 12.1 Å². The quantitative estimate of drug-likeness (QED) is 0.463. The van der Waals surface area contributed by atoms with Crippen LogP contribution in [0.25, 0.3) is 10.9 Å². The Morgan fingerprint density at radius 1 is 1.19 bits per heavy atom. The van der Waals surface area contributed by atoms with Gasteiger partial charge in [-0.1, -0.05) is 35.9 Å². The van der Waals surface area contributed by atoms with Gasteiger partial charge in [-0.05, 0) is 62.4 Å². The molecule has 1 N–H and O–H groups in total. The van der Waals surface area contributed by atoms with Gasteiger partial charge in [0.05, 0.1) is 26.9 Å². The molecule has 6 nitrogen and oxygen atoms in total. The van der Waals surface area contributed by atoms with Crippen molar-refractivity contribution in [1.82, 2.24) is 13.6 Å². The van der Waals surface area contributed by atoms with E-state index in [1.807, 2.05) is 61.7 Å². The zero-order valence-corrected chi connectivity index (χ0v) is 20.2. The number of benzene rings is 2. The minimum atomic E-state index is -1.37. The molecule has 4 rings (SSSR count). The number of hydrogen-bond acceptors (Lipinski definition) is 5. The fraction of sp³-hybridized carbons (Fsp3) is 0.348. The summed E-state index contributed by atoms with van der Waals surface area (Å²) in [7, 11) is -1.37. The van der Waals surface area contributed by atoms with Gasteiger partial charge in [0.25, 0.3) is 0 Å². The van der Waals surface area contributed by atoms with E-state index in [1.54, 1.807) is 8.87 Å². The summed E-state index contributed by atoms with van der Waals surface area (Å²) in [5.41, 5.74) is 0.832. The summed E-state index contributed by atoms with van der Waals surface area (Å²) < 4.78 is 23.7. The first-order valence-electron chi connectivity index (χ1n) is 10.7. The van der Waals surface area contributed by atoms with Crippen LogP contribution in [0.5, 0.6) is 0 Å². The maximum absolute atomic E-state index is 13.2. The van der Waals surface area contributed by atoms with Gasteiger partial charge in [-0.15, -0.1) is 0 Å². The van der Waals surface area contributed by atoms with Crippen molar-refractivity contribution in [2.75, 3.05) is 19.7 Å². The van der Waals surface area contributed by atoms with Crippen molar-refractivity contribution in [2.45, 2.75) is 42.0 Å². The van der Waals surface area contributed by atoms with Crippen LogP contribution in [0.1, 0.15) is 26.2 Å². The van der Waals surface area contributed by atoms with Gasteiger partial charge < -0.3 is 9.64 Å². The third-order valence-corrected chi connectivity index (χ3v) is 8.05. The van der Waals surface area contributed by atoms with E-state index in [0.717, 1.165) is 40.0 Å². The fourth-order valence-corrected chi connectivity index (χ4v) is 6.35. The normalized spacial score (nSPS) is 17.8. The number of amides is 1. The van der Waals surface area contributed by atoms with Crippen LogP contribution in [0.15, 0.2) is 64.5 Å². The van der Waals surface area contributed by atoms with Crippen molar-refractivity contribution < 1.29 is 13.7 Å². The van der Waals surface area contributed by atoms with Crippen molar-refractivity contribution >= 4 is 51.5 Å². The first kappa shape index (κ1) is 23.2. The lowest BCUT2D eigenvalue weighted by molar-refractivity contribution is 0.108. The van der Waals surface area contributed by atoms with Gasteiger partial charge in [0.1, 0.15) is 0 Å². The molecule has 0 spiro atoms. The molecule has 2 atom stereocenters. The Balaban J connectivity index is 1.51. The van der Waals surface area contributed by atoms with Crippen molar-refractivity contribution in [2.24, 2.45) is 0 Å². The van der Waals surface area contributed by atoms with Gasteiger partial charge in [-0.2, -0.15) is 0 Å². The van der Waals surface area contributed by atoms with E-state index in [1.165, 1.54) is 11.9 Å². The zero-order chi connectivity index (χ0) is 22.5. The highest BCUT2D eigenvalue weighted by molar-refractivity contribution is 7.97. The molecule has 1 amide bonds. The Morgan fingerprint density at radius 3 is 2.78 bits per heavy atom. The predicted molar refractivity (Wildman–Crippen MR) is 130 cm³/mol. The predicted octanol–water partition coefficient (Wildman–Crippen LogP) is 5.47. The Bertz CT molecular complexity index is 1110. The number of likely N-dealkylation sites (tertiary alicyclic amines) is 1. The van der Waals surface area contributed by atoms with Crippen LogP contribution in [0.3, 0.4) is 0 Å². The Hall–Kier alpha value is -2.00. The number of hydrogen-bond donors (Lipinski definition) is 1. The summed E-state index contributed by atoms with van der Waals surface area (Å²) in [6, 6.07) is 15.3. The second-order valence-electron chi connectivity index (χ2n) is 7.55. The molecule has 0 aliphatic carbocycles. The number of aromatic nitrogens is 1. The molecule has 9 heteroatoms. The van der Waals surface area contributed by atoms with Crippen LogP contribution >= 0.6 is 23.5 Å². The van der Waals surface area contributed by atoms with E-state index in [2.05, 4.69) is 4.72 Å². The number of halogens is 1. The number of nitrogens with one attached hydrogen (secondary N) is 1. The molecule has 2 heterocycles. The van der Waals surface area contributed by atoms with Gasteiger partial charge in [-0.3, -0.25) is 8.69 Å². The Kier molecular flexibility index (Phi) is 7.78. The number of rotatable bonds is 6. The third kappa shape index (κ3) is 5.14. The van der Waals surface area contributed by atoms with E-state index in [9.17, 15) is 9.00 Å². The molecule has 1 aliphatic rings. The van der Waals surface area contributed by atoms with Crippen molar-refractivity contribution in [3.63, 3.8) is 0 Å². The lowest BCUT2D eigenvalue weighted by Gasteiger charge is -2.19. The molecule has 1 aromatic heterocycles. The van der Waals surface area contributed by atoms with E-state index < -0.39 is 11.0 Å². The first-order valence-corrected chi connectivity index (χ1v) is 13.0. The summed E-state index contributed by atoms with van der Waals surface area (Å²) in [4.78, 5) is 15.5. The summed E-state index contributed by atoms with van der Waals surface area (Å²) in [5.74, 6) is 0. The molecule has 1 aliphatic heterocycles. The zero-order valence-electron chi connectivity index (χ0n) is 17.8. The van der Waals surface area contributed by atoms with Gasteiger partial charge in [0.2, 0.25) is 0 Å². The highest BCUT2D eigenvalue weighted by Gasteiger charge is 2.22. The summed E-state index contributed by atoms with van der Waals surface area (Å²) in [5, 5.41) is 1.52. The monoisotopic (exact) mass is 491 g/mol. The lowest BCUT2D eigenvalue weighted by Crippen LogP contribution is -2.33. The largest absolute Gasteiger partial charge is 0.450 e. The van der Waals surface area contributed by atoms with Crippen LogP contribution in [-0.2, 0) is 15.7 Å². The van der Waals surface area contributed by atoms with Crippen molar-refractivity contribution in [3.8, 4) is 0 Å². The topological polar surface area (TPSA) is 63.6 Å². The maximum atomic E-state index is 13.2. The van der Waals surface area contributed by atoms with E-state index >= 15 is 0 Å². The maximum Gasteiger partial charge on any atom is 0.409 e. The summed E-state index contributed by atoms with van der Waals surface area (Å²) in [6.45, 7) is 3.59. The molecular weight excluding hydrogens is 466 g/mol. The number of carbonyl (C=O) groups excluding carboxylic acids is 1. The van der Waals surface area contributed by atoms with Gasteiger partial charge in [0.15, 0.2) is 11.0 Å². The second kappa shape index (κ2) is 10.7. The Morgan fingerprint density at radius 2 is 2.00 bits per heavy atom. The number of carbonyl (C=O) groups is 1. The number of ether oxygens (including phenoxy) is 1. The molecule has 2 aromatic carbocycles. The summed E-state index contributed by atoms with van der Waals surface area (Å²) >= 11 is 8.05. The van der Waals surface area contributed by atoms with Crippen LogP contribution in [0.2, 0.25) is 5.02 Å². The average Bonchev–Trinajstić information content (AvgIpc) is 3.02. The average molecular weight is 492 g/mol. The van der Waals surface area contributed by atoms with Crippen LogP contribution in [0.4, 0.5) is 4.79 Å². The van der Waals surface area contributed by atoms with Gasteiger partial charge >= 0.3 is 6.09 Å². The van der Waals surface area contributed by atoms with E-state index in [4.69, 9.17) is 16.3 Å². The minimum absolute atomic E-state index is 0.237. The third-order valence-electron chi connectivity index (χ3n) is 5.42. The van der Waals surface area contributed by atoms with Crippen LogP contribution in [0, 0.1) is 0 Å². The molecule has 32 heavy (non-hydrogen) atoms. The molecular formula is C23H26ClN3O3S2. The molecule has 1 fully saturated rings. The number of nitrogens with zero attached hydrogens (tertiary/aromatic N) is 2. The molecule has 3 aromatic rings. The lowest BCUT2D eigenvalue weighted by atomic mass is 10.1. The first-order chi connectivity index (χ1) is 15.6. The molecule has 0 saturated carbocycles. The molecule has 1 saturated heterocycles. The van der Waals surface area contributed by atoms with Gasteiger partial charge in [0, 0.05) is 30.7 Å². The van der Waals surface area contributed by atoms with Crippen LogP contribution < -0.4 is 4.72 Å². The van der Waals surface area contributed by atoms with Crippen LogP contribution in [-0.4, -0.2) is 44.9 Å². The molecule has 170 valence electrons. The molecule has 0 radical (unpaired) electrons.